The van der Waals surface area contributed by atoms with Gasteiger partial charge in [-0.25, -0.2) is 4.98 Å². The fraction of sp³-hybridized carbons (Fsp3) is 0.700. The van der Waals surface area contributed by atoms with Crippen LogP contribution in [0.2, 0.25) is 0 Å². The number of aromatic nitrogens is 1. The largest absolute Gasteiger partial charge is 0.443 e. The van der Waals surface area contributed by atoms with Crippen LogP contribution in [0.5, 0.6) is 0 Å². The molecule has 1 fully saturated rings. The van der Waals surface area contributed by atoms with Gasteiger partial charge in [-0.2, -0.15) is 13.2 Å². The first kappa shape index (κ1) is 11.9. The minimum atomic E-state index is -4.36. The molecular formula is C10H13F3N2S. The maximum Gasteiger partial charge on any atom is 0.443 e. The summed E-state index contributed by atoms with van der Waals surface area (Å²) in [6.07, 6.45) is -2.14. The van der Waals surface area contributed by atoms with Crippen molar-refractivity contribution in [2.24, 2.45) is 17.1 Å². The van der Waals surface area contributed by atoms with Crippen LogP contribution in [0.25, 0.3) is 0 Å². The molecule has 90 valence electrons. The molecule has 1 aliphatic rings. The first-order chi connectivity index (χ1) is 7.22. The number of rotatable bonds is 2. The number of thiazole rings is 1. The Kier molecular flexibility index (Phi) is 2.54. The van der Waals surface area contributed by atoms with E-state index in [1.54, 1.807) is 0 Å². The number of nitrogens with zero attached hydrogens (tertiary/aromatic N) is 1. The summed E-state index contributed by atoms with van der Waals surface area (Å²) in [6.45, 7) is 4.15. The molecule has 0 radical (unpaired) electrons. The quantitative estimate of drug-likeness (QED) is 0.875. The van der Waals surface area contributed by atoms with Gasteiger partial charge in [0.2, 0.25) is 0 Å². The van der Waals surface area contributed by atoms with Gasteiger partial charge in [0, 0.05) is 17.1 Å². The zero-order valence-corrected chi connectivity index (χ0v) is 9.82. The number of alkyl halides is 3. The average molecular weight is 250 g/mol. The van der Waals surface area contributed by atoms with E-state index in [4.69, 9.17) is 5.73 Å². The highest BCUT2D eigenvalue weighted by molar-refractivity contribution is 7.11. The van der Waals surface area contributed by atoms with E-state index in [2.05, 4.69) is 18.8 Å². The van der Waals surface area contributed by atoms with E-state index >= 15 is 0 Å². The molecule has 6 heteroatoms. The smallest absolute Gasteiger partial charge is 0.323 e. The predicted molar refractivity (Wildman–Crippen MR) is 55.9 cm³/mol. The molecule has 1 saturated carbocycles. The Hall–Kier alpha value is -0.620. The molecule has 1 heterocycles. The third-order valence-corrected chi connectivity index (χ3v) is 4.26. The van der Waals surface area contributed by atoms with Gasteiger partial charge in [0.25, 0.3) is 0 Å². The summed E-state index contributed by atoms with van der Waals surface area (Å²) in [5.41, 5.74) is 6.09. The van der Waals surface area contributed by atoms with Gasteiger partial charge in [0.1, 0.15) is 0 Å². The van der Waals surface area contributed by atoms with Crippen LogP contribution in [0.4, 0.5) is 13.2 Å². The lowest BCUT2D eigenvalue weighted by Crippen LogP contribution is -2.14. The summed E-state index contributed by atoms with van der Waals surface area (Å²) in [5, 5.41) is -0.809. The van der Waals surface area contributed by atoms with Gasteiger partial charge in [-0.1, -0.05) is 13.8 Å². The molecule has 2 rings (SSSR count). The molecular weight excluding hydrogens is 237 g/mol. The van der Waals surface area contributed by atoms with Gasteiger partial charge in [-0.3, -0.25) is 0 Å². The van der Waals surface area contributed by atoms with Crippen molar-refractivity contribution in [2.75, 3.05) is 0 Å². The van der Waals surface area contributed by atoms with Gasteiger partial charge in [-0.05, 0) is 17.8 Å². The molecule has 0 aromatic carbocycles. The number of halogens is 3. The molecule has 2 unspecified atom stereocenters. The van der Waals surface area contributed by atoms with Crippen molar-refractivity contribution >= 4 is 11.3 Å². The molecule has 1 aromatic rings. The van der Waals surface area contributed by atoms with Crippen LogP contribution in [-0.4, -0.2) is 4.98 Å². The molecule has 2 N–H and O–H groups in total. The summed E-state index contributed by atoms with van der Waals surface area (Å²) < 4.78 is 37.0. The molecule has 2 nitrogen and oxygen atoms in total. The van der Waals surface area contributed by atoms with Crippen molar-refractivity contribution in [2.45, 2.75) is 32.5 Å². The molecule has 1 aliphatic carbocycles. The Labute approximate surface area is 95.7 Å². The van der Waals surface area contributed by atoms with E-state index in [9.17, 15) is 13.2 Å². The van der Waals surface area contributed by atoms with Crippen molar-refractivity contribution in [3.8, 4) is 0 Å². The summed E-state index contributed by atoms with van der Waals surface area (Å²) in [7, 11) is 0. The predicted octanol–water partition coefficient (Wildman–Crippen LogP) is 3.21. The Bertz CT molecular complexity index is 397. The molecule has 0 saturated heterocycles. The highest BCUT2D eigenvalue weighted by Gasteiger charge is 2.50. The first-order valence-electron chi connectivity index (χ1n) is 5.00. The number of hydrogen-bond donors (Lipinski definition) is 1. The topological polar surface area (TPSA) is 38.9 Å². The lowest BCUT2D eigenvalue weighted by atomic mass is 10.0. The zero-order chi connectivity index (χ0) is 12.1. The van der Waals surface area contributed by atoms with Crippen LogP contribution in [-0.2, 0) is 6.18 Å². The summed E-state index contributed by atoms with van der Waals surface area (Å²) in [4.78, 5) is 3.91. The fourth-order valence-corrected chi connectivity index (χ4v) is 2.74. The van der Waals surface area contributed by atoms with E-state index in [-0.39, 0.29) is 17.4 Å². The van der Waals surface area contributed by atoms with Crippen molar-refractivity contribution in [3.05, 3.63) is 16.1 Å². The van der Waals surface area contributed by atoms with Crippen LogP contribution in [0.3, 0.4) is 0 Å². The Balaban J connectivity index is 2.14. The fourth-order valence-electron chi connectivity index (χ4n) is 1.89. The molecule has 16 heavy (non-hydrogen) atoms. The molecule has 2 atom stereocenters. The van der Waals surface area contributed by atoms with Gasteiger partial charge >= 0.3 is 6.18 Å². The van der Waals surface area contributed by atoms with Gasteiger partial charge < -0.3 is 5.73 Å². The summed E-state index contributed by atoms with van der Waals surface area (Å²) >= 11 is 0.656. The Morgan fingerprint density at radius 3 is 2.50 bits per heavy atom. The van der Waals surface area contributed by atoms with Gasteiger partial charge in [0.15, 0.2) is 5.01 Å². The molecule has 0 amide bonds. The summed E-state index contributed by atoms with van der Waals surface area (Å²) in [5.74, 6) is 0.272. The second kappa shape index (κ2) is 3.43. The van der Waals surface area contributed by atoms with E-state index in [1.165, 1.54) is 6.20 Å². The standard InChI is InChI=1S/C10H13F3N2S/c1-9(2)3-5(9)7(14)6-4-15-8(16-6)10(11,12)13/h4-5,7H,3,14H2,1-2H3. The highest BCUT2D eigenvalue weighted by atomic mass is 32.1. The van der Waals surface area contributed by atoms with Crippen molar-refractivity contribution < 1.29 is 13.2 Å². The third-order valence-electron chi connectivity index (χ3n) is 3.12. The number of hydrogen-bond acceptors (Lipinski definition) is 3. The van der Waals surface area contributed by atoms with Crippen LogP contribution >= 0.6 is 11.3 Å². The summed E-state index contributed by atoms with van der Waals surface area (Å²) in [6, 6.07) is -0.316. The van der Waals surface area contributed by atoms with E-state index < -0.39 is 11.2 Å². The second-order valence-electron chi connectivity index (χ2n) is 4.89. The molecule has 1 aromatic heterocycles. The minimum absolute atomic E-state index is 0.155. The van der Waals surface area contributed by atoms with E-state index in [0.717, 1.165) is 6.42 Å². The van der Waals surface area contributed by atoms with Crippen molar-refractivity contribution in [3.63, 3.8) is 0 Å². The lowest BCUT2D eigenvalue weighted by Gasteiger charge is -2.10. The lowest BCUT2D eigenvalue weighted by molar-refractivity contribution is -0.137. The normalized spacial score (nSPS) is 25.5. The van der Waals surface area contributed by atoms with Crippen LogP contribution in [0.1, 0.15) is 36.2 Å². The molecule has 0 aliphatic heterocycles. The maximum atomic E-state index is 12.3. The van der Waals surface area contributed by atoms with E-state index in [1.807, 2.05) is 0 Å². The monoisotopic (exact) mass is 250 g/mol. The first-order valence-corrected chi connectivity index (χ1v) is 5.82. The SMILES string of the molecule is CC1(C)CC1C(N)c1cnc(C(F)(F)F)s1. The third kappa shape index (κ3) is 2.08. The van der Waals surface area contributed by atoms with E-state index in [0.29, 0.717) is 16.2 Å². The van der Waals surface area contributed by atoms with Crippen LogP contribution in [0.15, 0.2) is 6.20 Å². The van der Waals surface area contributed by atoms with Gasteiger partial charge in [0.05, 0.1) is 0 Å². The second-order valence-corrected chi connectivity index (χ2v) is 5.95. The Morgan fingerprint density at radius 2 is 2.12 bits per heavy atom. The molecule has 0 spiro atoms. The zero-order valence-electron chi connectivity index (χ0n) is 9.01. The number of nitrogens with two attached hydrogens (primary N) is 1. The van der Waals surface area contributed by atoms with Gasteiger partial charge in [-0.15, -0.1) is 11.3 Å². The average Bonchev–Trinajstić information content (AvgIpc) is 2.65. The van der Waals surface area contributed by atoms with Crippen molar-refractivity contribution in [1.29, 1.82) is 0 Å². The highest BCUT2D eigenvalue weighted by Crippen LogP contribution is 2.57. The Morgan fingerprint density at radius 1 is 1.56 bits per heavy atom. The van der Waals surface area contributed by atoms with Crippen LogP contribution in [0, 0.1) is 11.3 Å². The maximum absolute atomic E-state index is 12.3. The minimum Gasteiger partial charge on any atom is -0.323 e. The van der Waals surface area contributed by atoms with Crippen LogP contribution < -0.4 is 5.73 Å². The van der Waals surface area contributed by atoms with Crippen molar-refractivity contribution in [1.82, 2.24) is 4.98 Å². The molecule has 0 bridgehead atoms.